The number of hydrogen-bond donors (Lipinski definition) is 1. The summed E-state index contributed by atoms with van der Waals surface area (Å²) < 4.78 is 48.1. The summed E-state index contributed by atoms with van der Waals surface area (Å²) in [5.41, 5.74) is 1.17. The van der Waals surface area contributed by atoms with Crippen molar-refractivity contribution in [3.05, 3.63) is 82.0 Å². The van der Waals surface area contributed by atoms with Crippen LogP contribution in [0.25, 0.3) is 34.1 Å². The van der Waals surface area contributed by atoms with Gasteiger partial charge in [-0.25, -0.2) is 23.1 Å². The predicted molar refractivity (Wildman–Crippen MR) is 156 cm³/mol. The molecule has 0 spiro atoms. The molecule has 4 heterocycles. The number of benzene rings is 1. The van der Waals surface area contributed by atoms with Crippen LogP contribution < -0.4 is 15.9 Å². The lowest BCUT2D eigenvalue weighted by atomic mass is 9.97. The molecule has 0 amide bonds. The second kappa shape index (κ2) is 10.9. The molecule has 9 heteroatoms. The maximum atomic E-state index is 16.1. The van der Waals surface area contributed by atoms with Crippen molar-refractivity contribution in [2.24, 2.45) is 0 Å². The fourth-order valence-electron chi connectivity index (χ4n) is 5.39. The lowest BCUT2D eigenvalue weighted by Crippen LogP contribution is -2.50. The average Bonchev–Trinajstić information content (AvgIpc) is 2.93. The predicted octanol–water partition coefficient (Wildman–Crippen LogP) is 5.81. The lowest BCUT2D eigenvalue weighted by molar-refractivity contribution is 0.497. The van der Waals surface area contributed by atoms with Crippen molar-refractivity contribution in [3.63, 3.8) is 0 Å². The van der Waals surface area contributed by atoms with Crippen molar-refractivity contribution in [1.82, 2.24) is 24.8 Å². The minimum absolute atomic E-state index is 0.00562. The van der Waals surface area contributed by atoms with Gasteiger partial charge in [0.2, 0.25) is 0 Å². The smallest absolute Gasteiger partial charge is 0.351 e. The summed E-state index contributed by atoms with van der Waals surface area (Å²) in [6, 6.07) is 7.18. The van der Waals surface area contributed by atoms with Crippen LogP contribution in [0.15, 0.2) is 47.9 Å². The molecule has 0 radical (unpaired) electrons. The van der Waals surface area contributed by atoms with Gasteiger partial charge in [0.15, 0.2) is 11.5 Å². The largest absolute Gasteiger partial charge is 0.355 e. The van der Waals surface area contributed by atoms with Gasteiger partial charge >= 0.3 is 5.69 Å². The monoisotopic (exact) mass is 546 g/mol. The van der Waals surface area contributed by atoms with Crippen LogP contribution in [-0.2, 0) is 0 Å². The molecular formula is C31H34F2N6O. The number of aromatic nitrogens is 4. The van der Waals surface area contributed by atoms with Crippen LogP contribution >= 0.6 is 0 Å². The summed E-state index contributed by atoms with van der Waals surface area (Å²) >= 11 is 0. The minimum Gasteiger partial charge on any atom is -0.351 e. The average molecular weight is 547 g/mol. The Morgan fingerprint density at radius 3 is 2.65 bits per heavy atom. The second-order valence-corrected chi connectivity index (χ2v) is 10.8. The highest BCUT2D eigenvalue weighted by atomic mass is 19.1. The molecule has 40 heavy (non-hydrogen) atoms. The normalized spacial score (nSPS) is 16.4. The molecule has 1 aliphatic rings. The number of fused-ring (bicyclic) bond motifs is 1. The first kappa shape index (κ1) is 25.0. The van der Waals surface area contributed by atoms with Crippen LogP contribution in [0.4, 0.5) is 14.6 Å². The fraction of sp³-hybridized carbons (Fsp3) is 0.355. The van der Waals surface area contributed by atoms with Gasteiger partial charge in [-0.2, -0.15) is 4.98 Å². The van der Waals surface area contributed by atoms with Gasteiger partial charge in [-0.1, -0.05) is 52.4 Å². The highest BCUT2D eigenvalue weighted by Gasteiger charge is 2.28. The number of nitrogens with zero attached hydrogens (tertiary/aromatic N) is 5. The molecule has 0 unspecified atom stereocenters. The van der Waals surface area contributed by atoms with E-state index >= 15 is 8.78 Å². The quantitative estimate of drug-likeness (QED) is 0.329. The zero-order chi connectivity index (χ0) is 30.3. The Bertz CT molecular complexity index is 1720. The summed E-state index contributed by atoms with van der Waals surface area (Å²) in [6.07, 6.45) is 2.84. The van der Waals surface area contributed by atoms with E-state index in [-0.39, 0.29) is 40.3 Å². The van der Waals surface area contributed by atoms with Crippen molar-refractivity contribution >= 4 is 22.9 Å². The summed E-state index contributed by atoms with van der Waals surface area (Å²) in [6.45, 7) is 11.3. The maximum absolute atomic E-state index is 16.1. The van der Waals surface area contributed by atoms with Gasteiger partial charge in [0.1, 0.15) is 17.3 Å². The number of nitrogens with one attached hydrogen (secondary N) is 1. The summed E-state index contributed by atoms with van der Waals surface area (Å²) in [7, 11) is 0. The maximum Gasteiger partial charge on any atom is 0.355 e. The van der Waals surface area contributed by atoms with E-state index in [1.54, 1.807) is 6.20 Å². The van der Waals surface area contributed by atoms with E-state index in [1.165, 1.54) is 28.8 Å². The Morgan fingerprint density at radius 2 is 1.95 bits per heavy atom. The van der Waals surface area contributed by atoms with E-state index in [4.69, 9.17) is 2.74 Å². The Hall–Kier alpha value is -3.98. The molecule has 5 rings (SSSR count). The molecule has 4 aromatic rings. The van der Waals surface area contributed by atoms with Crippen LogP contribution in [-0.4, -0.2) is 45.2 Å². The standard InChI is InChI=1S/C31H34F2N6O/c1-7-20-9-8-10-23(32)25(20)27-24(33)15-22-29(38-14-13-34-16-19(38)6)37-31(40)39(30(22)36-27)28-21(17(2)3)11-12-35-26(28)18(4)5/h7-12,15,17-19,34H,1,13-14,16H2,2-6H3/t19-/m0/s1/i1D2. The first-order chi connectivity index (χ1) is 20.0. The molecule has 1 atom stereocenters. The molecule has 1 aliphatic heterocycles. The molecule has 7 nitrogen and oxygen atoms in total. The summed E-state index contributed by atoms with van der Waals surface area (Å²) in [4.78, 5) is 29.8. The van der Waals surface area contributed by atoms with Gasteiger partial charge in [-0.05, 0) is 48.1 Å². The molecule has 1 fully saturated rings. The van der Waals surface area contributed by atoms with Crippen LogP contribution in [0.5, 0.6) is 0 Å². The Kier molecular flexibility index (Phi) is 6.81. The lowest BCUT2D eigenvalue weighted by Gasteiger charge is -2.35. The van der Waals surface area contributed by atoms with Gasteiger partial charge in [0.25, 0.3) is 0 Å². The molecule has 0 saturated carbocycles. The molecule has 1 N–H and O–H groups in total. The van der Waals surface area contributed by atoms with Crippen LogP contribution in [0.1, 0.15) is 66.0 Å². The van der Waals surface area contributed by atoms with Crippen molar-refractivity contribution < 1.29 is 11.5 Å². The topological polar surface area (TPSA) is 75.9 Å². The molecule has 1 saturated heterocycles. The van der Waals surface area contributed by atoms with Crippen LogP contribution in [0.3, 0.4) is 0 Å². The third-order valence-electron chi connectivity index (χ3n) is 7.39. The number of halogens is 2. The minimum atomic E-state index is -0.811. The van der Waals surface area contributed by atoms with Crippen molar-refractivity contribution in [3.8, 4) is 16.9 Å². The van der Waals surface area contributed by atoms with Gasteiger partial charge < -0.3 is 10.2 Å². The van der Waals surface area contributed by atoms with E-state index in [0.717, 1.165) is 11.6 Å². The van der Waals surface area contributed by atoms with Crippen molar-refractivity contribution in [2.45, 2.75) is 52.5 Å². The van der Waals surface area contributed by atoms with E-state index < -0.39 is 23.9 Å². The van der Waals surface area contributed by atoms with Gasteiger partial charge in [0, 0.05) is 37.4 Å². The van der Waals surface area contributed by atoms with Crippen molar-refractivity contribution in [1.29, 1.82) is 0 Å². The molecule has 208 valence electrons. The number of hydrogen-bond acceptors (Lipinski definition) is 6. The fourth-order valence-corrected chi connectivity index (χ4v) is 5.39. The zero-order valence-corrected chi connectivity index (χ0v) is 23.3. The SMILES string of the molecule is [2H]C([2H])=Cc1cccc(F)c1-c1nc2c(cc1F)c(N1CCNC[C@@H]1C)nc(=O)n2-c1c(C(C)C)ccnc1C(C)C. The Labute approximate surface area is 235 Å². The van der Waals surface area contributed by atoms with E-state index in [9.17, 15) is 4.79 Å². The third-order valence-corrected chi connectivity index (χ3v) is 7.39. The second-order valence-electron chi connectivity index (χ2n) is 10.8. The molecule has 0 aliphatic carbocycles. The molecule has 1 aromatic carbocycles. The van der Waals surface area contributed by atoms with Gasteiger partial charge in [-0.15, -0.1) is 0 Å². The number of anilines is 1. The highest BCUT2D eigenvalue weighted by molar-refractivity contribution is 5.91. The Balaban J connectivity index is 1.95. The van der Waals surface area contributed by atoms with E-state index in [2.05, 4.69) is 20.3 Å². The zero-order valence-electron chi connectivity index (χ0n) is 25.3. The van der Waals surface area contributed by atoms with Crippen LogP contribution in [0.2, 0.25) is 0 Å². The number of piperazine rings is 1. The van der Waals surface area contributed by atoms with Crippen molar-refractivity contribution in [2.75, 3.05) is 24.5 Å². The summed E-state index contributed by atoms with van der Waals surface area (Å²) in [5.74, 6) is -1.32. The number of rotatable bonds is 6. The van der Waals surface area contributed by atoms with Crippen LogP contribution in [0, 0.1) is 11.6 Å². The third kappa shape index (κ3) is 4.68. The van der Waals surface area contributed by atoms with E-state index in [1.807, 2.05) is 45.6 Å². The first-order valence-corrected chi connectivity index (χ1v) is 13.5. The molecule has 3 aromatic heterocycles. The highest BCUT2D eigenvalue weighted by Crippen LogP contribution is 2.36. The Morgan fingerprint density at radius 1 is 1.15 bits per heavy atom. The van der Waals surface area contributed by atoms with E-state index in [0.29, 0.717) is 42.2 Å². The number of pyridine rings is 2. The summed E-state index contributed by atoms with van der Waals surface area (Å²) in [5, 5.41) is 3.63. The molecule has 0 bridgehead atoms. The van der Waals surface area contributed by atoms with Gasteiger partial charge in [-0.3, -0.25) is 4.98 Å². The van der Waals surface area contributed by atoms with Gasteiger partial charge in [0.05, 0.1) is 19.5 Å². The first-order valence-electron chi connectivity index (χ1n) is 14.5. The molecular weight excluding hydrogens is 510 g/mol.